The van der Waals surface area contributed by atoms with Gasteiger partial charge in [0, 0.05) is 25.7 Å². The van der Waals surface area contributed by atoms with Crippen LogP contribution in [0.3, 0.4) is 0 Å². The maximum absolute atomic E-state index is 4.33. The van der Waals surface area contributed by atoms with E-state index in [2.05, 4.69) is 44.6 Å². The van der Waals surface area contributed by atoms with Crippen molar-refractivity contribution in [2.24, 2.45) is 7.05 Å². The lowest BCUT2D eigenvalue weighted by Crippen LogP contribution is -2.24. The smallest absolute Gasteiger partial charge is 0.186 e. The normalized spacial score (nSPS) is 16.8. The molecule has 100 valence electrons. The number of aromatic nitrogens is 4. The van der Waals surface area contributed by atoms with Crippen molar-refractivity contribution in [1.29, 1.82) is 0 Å². The lowest BCUT2D eigenvalue weighted by Gasteiger charge is -2.30. The van der Waals surface area contributed by atoms with Crippen molar-refractivity contribution in [2.45, 2.75) is 12.3 Å². The van der Waals surface area contributed by atoms with Crippen LogP contribution in [0.1, 0.15) is 17.0 Å². The molecule has 20 heavy (non-hydrogen) atoms. The van der Waals surface area contributed by atoms with Gasteiger partial charge in [-0.05, 0) is 17.5 Å². The van der Waals surface area contributed by atoms with Gasteiger partial charge in [0.2, 0.25) is 0 Å². The molecule has 1 aliphatic carbocycles. The maximum Gasteiger partial charge on any atom is 0.186 e. The highest BCUT2D eigenvalue weighted by molar-refractivity contribution is 5.85. The van der Waals surface area contributed by atoms with Crippen molar-refractivity contribution in [3.05, 3.63) is 47.9 Å². The van der Waals surface area contributed by atoms with Crippen LogP contribution < -0.4 is 5.32 Å². The predicted octanol–water partition coefficient (Wildman–Crippen LogP) is 2.12. The zero-order chi connectivity index (χ0) is 13.5. The monoisotopic (exact) mass is 265 g/mol. The third-order valence-corrected chi connectivity index (χ3v) is 3.91. The van der Waals surface area contributed by atoms with Gasteiger partial charge in [0.1, 0.15) is 12.1 Å². The zero-order valence-electron chi connectivity index (χ0n) is 11.2. The molecule has 0 bridgehead atoms. The Kier molecular flexibility index (Phi) is 2.45. The van der Waals surface area contributed by atoms with E-state index < -0.39 is 0 Å². The summed E-state index contributed by atoms with van der Waals surface area (Å²) in [5.74, 6) is 1.44. The van der Waals surface area contributed by atoms with Gasteiger partial charge in [0.25, 0.3) is 0 Å². The van der Waals surface area contributed by atoms with Crippen LogP contribution in [0.15, 0.2) is 36.8 Å². The highest BCUT2D eigenvalue weighted by Gasteiger charge is 2.25. The predicted molar refractivity (Wildman–Crippen MR) is 77.7 cm³/mol. The Bertz CT molecular complexity index is 777. The van der Waals surface area contributed by atoms with E-state index in [9.17, 15) is 0 Å². The fourth-order valence-electron chi connectivity index (χ4n) is 2.86. The Morgan fingerprint density at radius 2 is 2.20 bits per heavy atom. The number of hydrogen-bond donors (Lipinski definition) is 1. The van der Waals surface area contributed by atoms with E-state index in [1.54, 1.807) is 11.0 Å². The average molecular weight is 265 g/mol. The fourth-order valence-corrected chi connectivity index (χ4v) is 2.86. The molecule has 2 heterocycles. The van der Waals surface area contributed by atoms with Crippen molar-refractivity contribution >= 4 is 16.9 Å². The van der Waals surface area contributed by atoms with Crippen molar-refractivity contribution in [1.82, 2.24) is 19.7 Å². The largest absolute Gasteiger partial charge is 0.369 e. The second-order valence-electron chi connectivity index (χ2n) is 5.24. The summed E-state index contributed by atoms with van der Waals surface area (Å²) in [6.45, 7) is 0.901. The number of rotatable bonds is 3. The van der Waals surface area contributed by atoms with Gasteiger partial charge in [-0.2, -0.15) is 5.10 Å². The molecule has 1 atom stereocenters. The van der Waals surface area contributed by atoms with Gasteiger partial charge < -0.3 is 5.32 Å². The molecular formula is C15H15N5. The lowest BCUT2D eigenvalue weighted by molar-refractivity contribution is 0.635. The molecule has 1 aliphatic rings. The third-order valence-electron chi connectivity index (χ3n) is 3.91. The Hall–Kier alpha value is -2.43. The van der Waals surface area contributed by atoms with Gasteiger partial charge >= 0.3 is 0 Å². The lowest BCUT2D eigenvalue weighted by atomic mass is 9.77. The topological polar surface area (TPSA) is 55.6 Å². The van der Waals surface area contributed by atoms with Crippen molar-refractivity contribution in [2.75, 3.05) is 11.9 Å². The van der Waals surface area contributed by atoms with E-state index in [0.29, 0.717) is 5.92 Å². The number of anilines is 1. The summed E-state index contributed by atoms with van der Waals surface area (Å²) in [7, 11) is 1.90. The Balaban J connectivity index is 1.55. The van der Waals surface area contributed by atoms with Crippen LogP contribution in [0.4, 0.5) is 5.82 Å². The highest BCUT2D eigenvalue weighted by Crippen LogP contribution is 2.34. The van der Waals surface area contributed by atoms with Crippen LogP contribution in [-0.2, 0) is 13.5 Å². The first-order valence-electron chi connectivity index (χ1n) is 6.77. The third kappa shape index (κ3) is 1.74. The summed E-state index contributed by atoms with van der Waals surface area (Å²) in [6, 6.07) is 8.63. The minimum atomic E-state index is 0.577. The van der Waals surface area contributed by atoms with E-state index in [1.807, 2.05) is 13.2 Å². The van der Waals surface area contributed by atoms with Crippen molar-refractivity contribution < 1.29 is 0 Å². The van der Waals surface area contributed by atoms with E-state index >= 15 is 0 Å². The van der Waals surface area contributed by atoms with Gasteiger partial charge in [-0.25, -0.2) is 9.97 Å². The summed E-state index contributed by atoms with van der Waals surface area (Å²) in [5, 5.41) is 8.71. The molecule has 0 aliphatic heterocycles. The first-order valence-corrected chi connectivity index (χ1v) is 6.77. The number of benzene rings is 1. The number of aryl methyl sites for hydroxylation is 1. The molecule has 0 radical (unpaired) electrons. The molecule has 1 N–H and O–H groups in total. The van der Waals surface area contributed by atoms with Crippen LogP contribution in [0.2, 0.25) is 0 Å². The highest BCUT2D eigenvalue weighted by atomic mass is 15.3. The zero-order valence-corrected chi connectivity index (χ0v) is 11.2. The van der Waals surface area contributed by atoms with E-state index in [0.717, 1.165) is 29.8 Å². The minimum absolute atomic E-state index is 0.577. The molecule has 0 saturated heterocycles. The molecule has 0 saturated carbocycles. The number of nitrogens with zero attached hydrogens (tertiary/aromatic N) is 4. The summed E-state index contributed by atoms with van der Waals surface area (Å²) in [4.78, 5) is 8.51. The fraction of sp³-hybridized carbons (Fsp3) is 0.267. The second kappa shape index (κ2) is 4.30. The second-order valence-corrected chi connectivity index (χ2v) is 5.24. The summed E-state index contributed by atoms with van der Waals surface area (Å²) in [5.41, 5.74) is 3.66. The van der Waals surface area contributed by atoms with E-state index in [4.69, 9.17) is 0 Å². The number of hydrogen-bond acceptors (Lipinski definition) is 4. The van der Waals surface area contributed by atoms with E-state index in [-0.39, 0.29) is 0 Å². The van der Waals surface area contributed by atoms with Gasteiger partial charge in [0.15, 0.2) is 5.65 Å². The summed E-state index contributed by atoms with van der Waals surface area (Å²) >= 11 is 0. The minimum Gasteiger partial charge on any atom is -0.369 e. The molecule has 5 heteroatoms. The number of nitrogens with one attached hydrogen (secondary N) is 1. The molecule has 1 unspecified atom stereocenters. The Morgan fingerprint density at radius 3 is 3.10 bits per heavy atom. The van der Waals surface area contributed by atoms with Gasteiger partial charge in [-0.3, -0.25) is 4.68 Å². The summed E-state index contributed by atoms with van der Waals surface area (Å²) in [6.07, 6.45) is 4.66. The molecular weight excluding hydrogens is 250 g/mol. The first-order chi connectivity index (χ1) is 9.81. The quantitative estimate of drug-likeness (QED) is 0.788. The maximum atomic E-state index is 4.33. The van der Waals surface area contributed by atoms with Crippen LogP contribution in [-0.4, -0.2) is 26.3 Å². The Morgan fingerprint density at radius 1 is 1.30 bits per heavy atom. The van der Waals surface area contributed by atoms with Crippen LogP contribution in [0.5, 0.6) is 0 Å². The molecule has 0 amide bonds. The summed E-state index contributed by atoms with van der Waals surface area (Å²) < 4.78 is 1.77. The molecule has 0 fully saturated rings. The van der Waals surface area contributed by atoms with Gasteiger partial charge in [-0.1, -0.05) is 24.3 Å². The molecule has 3 aromatic rings. The SMILES string of the molecule is Cn1cc2c(NCC3Cc4ccccc43)ncnc2n1. The van der Waals surface area contributed by atoms with Crippen LogP contribution in [0, 0.1) is 0 Å². The molecule has 2 aromatic heterocycles. The van der Waals surface area contributed by atoms with Crippen LogP contribution >= 0.6 is 0 Å². The number of fused-ring (bicyclic) bond motifs is 2. The molecule has 4 rings (SSSR count). The first kappa shape index (κ1) is 11.4. The van der Waals surface area contributed by atoms with Gasteiger partial charge in [0.05, 0.1) is 5.39 Å². The van der Waals surface area contributed by atoms with Crippen molar-refractivity contribution in [3.63, 3.8) is 0 Å². The van der Waals surface area contributed by atoms with Gasteiger partial charge in [-0.15, -0.1) is 0 Å². The van der Waals surface area contributed by atoms with Crippen LogP contribution in [0.25, 0.3) is 11.0 Å². The van der Waals surface area contributed by atoms with Crippen molar-refractivity contribution in [3.8, 4) is 0 Å². The molecule has 1 aromatic carbocycles. The molecule has 0 spiro atoms. The Labute approximate surface area is 116 Å². The molecule has 5 nitrogen and oxygen atoms in total. The average Bonchev–Trinajstić information content (AvgIpc) is 2.81. The van der Waals surface area contributed by atoms with E-state index in [1.165, 1.54) is 11.1 Å². The standard InChI is InChI=1S/C15H15N5/c1-20-8-13-14(17-9-18-15(13)19-20)16-7-11-6-10-4-2-3-5-12(10)11/h2-5,8-9,11H,6-7H2,1H3,(H,16,17,18,19).